The molecule has 0 aliphatic heterocycles. The predicted molar refractivity (Wildman–Crippen MR) is 109 cm³/mol. The standard InChI is InChI=1S/C22H17ClN2O2/c1-13-8-16(20(26)9-14(13)2)12-24-18-6-7-21-19(11-18)25-22(27-21)15-4-3-5-17(23)10-15/h3-12,26H,1-2H3. The second-order valence-electron chi connectivity index (χ2n) is 6.43. The summed E-state index contributed by atoms with van der Waals surface area (Å²) in [5.41, 5.74) is 5.77. The predicted octanol–water partition coefficient (Wildman–Crippen LogP) is 6.22. The zero-order chi connectivity index (χ0) is 19.0. The first-order valence-electron chi connectivity index (χ1n) is 8.50. The molecule has 1 aromatic heterocycles. The van der Waals surface area contributed by atoms with E-state index < -0.39 is 0 Å². The van der Waals surface area contributed by atoms with Crippen molar-refractivity contribution < 1.29 is 9.52 Å². The normalized spacial score (nSPS) is 11.5. The summed E-state index contributed by atoms with van der Waals surface area (Å²) in [6, 6.07) is 16.6. The number of phenolic OH excluding ortho intramolecular Hbond substituents is 1. The fourth-order valence-electron chi connectivity index (χ4n) is 2.81. The highest BCUT2D eigenvalue weighted by molar-refractivity contribution is 6.30. The fourth-order valence-corrected chi connectivity index (χ4v) is 3.00. The van der Waals surface area contributed by atoms with Crippen LogP contribution in [0.3, 0.4) is 0 Å². The summed E-state index contributed by atoms with van der Waals surface area (Å²) in [6.07, 6.45) is 1.65. The van der Waals surface area contributed by atoms with E-state index in [2.05, 4.69) is 9.98 Å². The number of hydrogen-bond acceptors (Lipinski definition) is 4. The van der Waals surface area contributed by atoms with Gasteiger partial charge in [0.05, 0.1) is 5.69 Å². The molecule has 0 saturated carbocycles. The average molecular weight is 377 g/mol. The number of aromatic hydroxyl groups is 1. The summed E-state index contributed by atoms with van der Waals surface area (Å²) < 4.78 is 5.81. The number of aliphatic imine (C=N–C) groups is 1. The van der Waals surface area contributed by atoms with Gasteiger partial charge >= 0.3 is 0 Å². The van der Waals surface area contributed by atoms with Gasteiger partial charge in [0, 0.05) is 22.4 Å². The third-order valence-electron chi connectivity index (χ3n) is 4.44. The van der Waals surface area contributed by atoms with Gasteiger partial charge in [-0.15, -0.1) is 0 Å². The van der Waals surface area contributed by atoms with Gasteiger partial charge in [0.15, 0.2) is 5.58 Å². The van der Waals surface area contributed by atoms with E-state index in [1.54, 1.807) is 12.3 Å². The Labute approximate surface area is 161 Å². The molecule has 0 fully saturated rings. The minimum absolute atomic E-state index is 0.215. The van der Waals surface area contributed by atoms with Crippen LogP contribution in [0.25, 0.3) is 22.6 Å². The van der Waals surface area contributed by atoms with Gasteiger partial charge in [-0.2, -0.15) is 0 Å². The number of oxazole rings is 1. The van der Waals surface area contributed by atoms with Crippen molar-refractivity contribution in [3.8, 4) is 17.2 Å². The zero-order valence-corrected chi connectivity index (χ0v) is 15.7. The number of nitrogens with zero attached hydrogens (tertiary/aromatic N) is 2. The van der Waals surface area contributed by atoms with Crippen LogP contribution in [0.2, 0.25) is 5.02 Å². The number of fused-ring (bicyclic) bond motifs is 1. The molecule has 4 nitrogen and oxygen atoms in total. The first-order valence-corrected chi connectivity index (χ1v) is 8.88. The Bertz CT molecular complexity index is 1180. The first kappa shape index (κ1) is 17.3. The van der Waals surface area contributed by atoms with Crippen molar-refractivity contribution in [2.45, 2.75) is 13.8 Å². The van der Waals surface area contributed by atoms with Crippen molar-refractivity contribution in [2.24, 2.45) is 4.99 Å². The number of rotatable bonds is 3. The maximum Gasteiger partial charge on any atom is 0.227 e. The summed E-state index contributed by atoms with van der Waals surface area (Å²) in [6.45, 7) is 3.97. The van der Waals surface area contributed by atoms with Crippen LogP contribution in [0, 0.1) is 13.8 Å². The summed E-state index contributed by atoms with van der Waals surface area (Å²) >= 11 is 6.04. The van der Waals surface area contributed by atoms with E-state index in [1.165, 1.54) is 0 Å². The van der Waals surface area contributed by atoms with Crippen LogP contribution in [0.15, 0.2) is 64.0 Å². The van der Waals surface area contributed by atoms with Gasteiger partial charge in [-0.25, -0.2) is 4.98 Å². The fraction of sp³-hybridized carbons (Fsp3) is 0.0909. The van der Waals surface area contributed by atoms with E-state index in [-0.39, 0.29) is 5.75 Å². The highest BCUT2D eigenvalue weighted by Crippen LogP contribution is 2.29. The van der Waals surface area contributed by atoms with E-state index in [4.69, 9.17) is 16.0 Å². The second kappa shape index (κ2) is 6.89. The number of benzene rings is 3. The molecule has 4 rings (SSSR count). The van der Waals surface area contributed by atoms with Crippen LogP contribution in [-0.2, 0) is 0 Å². The molecule has 4 aromatic rings. The molecule has 0 amide bonds. The van der Waals surface area contributed by atoms with Crippen LogP contribution in [0.4, 0.5) is 5.69 Å². The number of hydrogen-bond donors (Lipinski definition) is 1. The second-order valence-corrected chi connectivity index (χ2v) is 6.87. The smallest absolute Gasteiger partial charge is 0.227 e. The van der Waals surface area contributed by atoms with Gasteiger partial charge in [0.25, 0.3) is 0 Å². The summed E-state index contributed by atoms with van der Waals surface area (Å²) in [5, 5.41) is 10.7. The number of phenols is 1. The molecule has 0 radical (unpaired) electrons. The molecule has 0 saturated heterocycles. The van der Waals surface area contributed by atoms with Gasteiger partial charge in [0.2, 0.25) is 5.89 Å². The van der Waals surface area contributed by atoms with Crippen molar-refractivity contribution in [2.75, 3.05) is 0 Å². The maximum atomic E-state index is 10.1. The topological polar surface area (TPSA) is 58.6 Å². The Morgan fingerprint density at radius 2 is 1.85 bits per heavy atom. The van der Waals surface area contributed by atoms with Crippen LogP contribution >= 0.6 is 11.6 Å². The third-order valence-corrected chi connectivity index (χ3v) is 4.67. The minimum atomic E-state index is 0.215. The van der Waals surface area contributed by atoms with E-state index in [0.29, 0.717) is 27.6 Å². The number of halogens is 1. The van der Waals surface area contributed by atoms with E-state index in [9.17, 15) is 5.11 Å². The van der Waals surface area contributed by atoms with E-state index in [1.807, 2.05) is 62.4 Å². The third kappa shape index (κ3) is 3.57. The van der Waals surface area contributed by atoms with Gasteiger partial charge < -0.3 is 9.52 Å². The van der Waals surface area contributed by atoms with Crippen LogP contribution in [0.1, 0.15) is 16.7 Å². The van der Waals surface area contributed by atoms with E-state index in [0.717, 1.165) is 22.4 Å². The summed E-state index contributed by atoms with van der Waals surface area (Å²) in [5.74, 6) is 0.730. The lowest BCUT2D eigenvalue weighted by molar-refractivity contribution is 0.474. The van der Waals surface area contributed by atoms with Crippen LogP contribution < -0.4 is 0 Å². The highest BCUT2D eigenvalue weighted by Gasteiger charge is 2.09. The largest absolute Gasteiger partial charge is 0.507 e. The SMILES string of the molecule is Cc1cc(O)c(C=Nc2ccc3oc(-c4cccc(Cl)c4)nc3c2)cc1C. The molecular formula is C22H17ClN2O2. The highest BCUT2D eigenvalue weighted by atomic mass is 35.5. The minimum Gasteiger partial charge on any atom is -0.507 e. The molecule has 0 unspecified atom stereocenters. The Balaban J connectivity index is 1.67. The van der Waals surface area contributed by atoms with Crippen molar-refractivity contribution in [3.05, 3.63) is 76.3 Å². The Morgan fingerprint density at radius 1 is 1.04 bits per heavy atom. The van der Waals surface area contributed by atoms with E-state index >= 15 is 0 Å². The molecule has 1 heterocycles. The number of aryl methyl sites for hydroxylation is 2. The van der Waals surface area contributed by atoms with Crippen molar-refractivity contribution in [3.63, 3.8) is 0 Å². The first-order chi connectivity index (χ1) is 13.0. The molecule has 134 valence electrons. The summed E-state index contributed by atoms with van der Waals surface area (Å²) in [7, 11) is 0. The molecular weight excluding hydrogens is 360 g/mol. The molecule has 27 heavy (non-hydrogen) atoms. The van der Waals surface area contributed by atoms with Gasteiger partial charge in [-0.3, -0.25) is 4.99 Å². The van der Waals surface area contributed by atoms with Gasteiger partial charge in [-0.05, 0) is 73.5 Å². The van der Waals surface area contributed by atoms with Gasteiger partial charge in [-0.1, -0.05) is 17.7 Å². The lowest BCUT2D eigenvalue weighted by Crippen LogP contribution is -1.87. The quantitative estimate of drug-likeness (QED) is 0.432. The monoisotopic (exact) mass is 376 g/mol. The van der Waals surface area contributed by atoms with Crippen molar-refractivity contribution >= 4 is 34.6 Å². The number of aromatic nitrogens is 1. The average Bonchev–Trinajstić information content (AvgIpc) is 3.07. The van der Waals surface area contributed by atoms with Crippen LogP contribution in [-0.4, -0.2) is 16.3 Å². The molecule has 0 aliphatic rings. The molecule has 5 heteroatoms. The molecule has 0 spiro atoms. The zero-order valence-electron chi connectivity index (χ0n) is 14.9. The molecule has 0 atom stereocenters. The van der Waals surface area contributed by atoms with Crippen molar-refractivity contribution in [1.82, 2.24) is 4.98 Å². The molecule has 3 aromatic carbocycles. The molecule has 0 aliphatic carbocycles. The summed E-state index contributed by atoms with van der Waals surface area (Å²) in [4.78, 5) is 9.00. The van der Waals surface area contributed by atoms with Gasteiger partial charge in [0.1, 0.15) is 11.3 Å². The van der Waals surface area contributed by atoms with Crippen molar-refractivity contribution in [1.29, 1.82) is 0 Å². The lowest BCUT2D eigenvalue weighted by Gasteiger charge is -2.04. The molecule has 0 bridgehead atoms. The molecule has 1 N–H and O–H groups in total. The van der Waals surface area contributed by atoms with Crippen LogP contribution in [0.5, 0.6) is 5.75 Å². The Hall–Kier alpha value is -3.11. The maximum absolute atomic E-state index is 10.1. The Morgan fingerprint density at radius 3 is 2.67 bits per heavy atom. The lowest BCUT2D eigenvalue weighted by atomic mass is 10.1. The Kier molecular flexibility index (Phi) is 4.42.